The highest BCUT2D eigenvalue weighted by Gasteiger charge is 2.31. The monoisotopic (exact) mass is 254 g/mol. The molecule has 1 rings (SSSR count). The SMILES string of the molecule is CCOC(=O)C(c1nc(C(C)CC)no1)C(C)C. The van der Waals surface area contributed by atoms with Gasteiger partial charge >= 0.3 is 5.97 Å². The highest BCUT2D eigenvalue weighted by atomic mass is 16.5. The molecule has 0 bridgehead atoms. The molecule has 102 valence electrons. The molecule has 0 N–H and O–H groups in total. The molecule has 0 aliphatic carbocycles. The number of carbonyl (C=O) groups excluding carboxylic acids is 1. The highest BCUT2D eigenvalue weighted by molar-refractivity contribution is 5.77. The Balaban J connectivity index is 2.93. The van der Waals surface area contributed by atoms with Crippen molar-refractivity contribution in [1.29, 1.82) is 0 Å². The Bertz CT molecular complexity index is 387. The zero-order valence-electron chi connectivity index (χ0n) is 11.8. The Kier molecular flexibility index (Phi) is 5.31. The van der Waals surface area contributed by atoms with Crippen LogP contribution in [0.2, 0.25) is 0 Å². The van der Waals surface area contributed by atoms with E-state index >= 15 is 0 Å². The molecule has 0 saturated carbocycles. The molecule has 1 aromatic rings. The first-order valence-corrected chi connectivity index (χ1v) is 6.51. The third-order valence-corrected chi connectivity index (χ3v) is 2.98. The summed E-state index contributed by atoms with van der Waals surface area (Å²) in [6.45, 7) is 10.1. The molecule has 0 fully saturated rings. The molecule has 18 heavy (non-hydrogen) atoms. The summed E-state index contributed by atoms with van der Waals surface area (Å²) in [7, 11) is 0. The number of hydrogen-bond donors (Lipinski definition) is 0. The summed E-state index contributed by atoms with van der Waals surface area (Å²) >= 11 is 0. The van der Waals surface area contributed by atoms with Gasteiger partial charge in [0.2, 0.25) is 5.89 Å². The molecule has 0 radical (unpaired) electrons. The van der Waals surface area contributed by atoms with E-state index in [1.54, 1.807) is 6.92 Å². The molecular weight excluding hydrogens is 232 g/mol. The predicted octanol–water partition coefficient (Wildman–Crippen LogP) is 2.89. The molecule has 0 aliphatic rings. The minimum absolute atomic E-state index is 0.0642. The Morgan fingerprint density at radius 2 is 2.00 bits per heavy atom. The number of esters is 1. The van der Waals surface area contributed by atoms with Gasteiger partial charge in [-0.15, -0.1) is 0 Å². The number of rotatable bonds is 6. The molecule has 5 nitrogen and oxygen atoms in total. The maximum absolute atomic E-state index is 11.9. The zero-order chi connectivity index (χ0) is 13.7. The average molecular weight is 254 g/mol. The van der Waals surface area contributed by atoms with Crippen molar-refractivity contribution < 1.29 is 14.1 Å². The lowest BCUT2D eigenvalue weighted by Gasteiger charge is -2.14. The molecule has 0 aromatic carbocycles. The fourth-order valence-electron chi connectivity index (χ4n) is 1.65. The second-order valence-corrected chi connectivity index (χ2v) is 4.77. The van der Waals surface area contributed by atoms with Gasteiger partial charge in [0.1, 0.15) is 5.92 Å². The Hall–Kier alpha value is -1.39. The van der Waals surface area contributed by atoms with Gasteiger partial charge in [0, 0.05) is 5.92 Å². The number of nitrogens with zero attached hydrogens (tertiary/aromatic N) is 2. The molecule has 0 aliphatic heterocycles. The van der Waals surface area contributed by atoms with Crippen LogP contribution in [0.25, 0.3) is 0 Å². The van der Waals surface area contributed by atoms with Gasteiger partial charge in [0.25, 0.3) is 0 Å². The molecule has 2 unspecified atom stereocenters. The van der Waals surface area contributed by atoms with E-state index in [2.05, 4.69) is 17.1 Å². The lowest BCUT2D eigenvalue weighted by Crippen LogP contribution is -2.21. The van der Waals surface area contributed by atoms with Crippen molar-refractivity contribution in [2.45, 2.75) is 52.9 Å². The van der Waals surface area contributed by atoms with E-state index in [1.165, 1.54) is 0 Å². The second-order valence-electron chi connectivity index (χ2n) is 4.77. The minimum atomic E-state index is -0.477. The van der Waals surface area contributed by atoms with Gasteiger partial charge in [-0.1, -0.05) is 32.9 Å². The number of ether oxygens (including phenoxy) is 1. The van der Waals surface area contributed by atoms with E-state index in [0.29, 0.717) is 18.3 Å². The van der Waals surface area contributed by atoms with E-state index in [4.69, 9.17) is 9.26 Å². The van der Waals surface area contributed by atoms with Gasteiger partial charge in [-0.3, -0.25) is 4.79 Å². The van der Waals surface area contributed by atoms with E-state index in [-0.39, 0.29) is 17.8 Å². The molecule has 5 heteroatoms. The van der Waals surface area contributed by atoms with Crippen LogP contribution in [0.4, 0.5) is 0 Å². The Labute approximate surface area is 108 Å². The minimum Gasteiger partial charge on any atom is -0.465 e. The largest absolute Gasteiger partial charge is 0.465 e. The van der Waals surface area contributed by atoms with Crippen LogP contribution in [-0.4, -0.2) is 22.7 Å². The molecule has 0 amide bonds. The van der Waals surface area contributed by atoms with Gasteiger partial charge in [-0.05, 0) is 19.3 Å². The van der Waals surface area contributed by atoms with Crippen LogP contribution >= 0.6 is 0 Å². The third-order valence-electron chi connectivity index (χ3n) is 2.98. The van der Waals surface area contributed by atoms with Crippen LogP contribution in [0, 0.1) is 5.92 Å². The van der Waals surface area contributed by atoms with Crippen LogP contribution in [0.1, 0.15) is 64.6 Å². The van der Waals surface area contributed by atoms with Crippen LogP contribution in [0.3, 0.4) is 0 Å². The highest BCUT2D eigenvalue weighted by Crippen LogP contribution is 2.26. The lowest BCUT2D eigenvalue weighted by atomic mass is 9.96. The van der Waals surface area contributed by atoms with Crippen molar-refractivity contribution in [3.63, 3.8) is 0 Å². The summed E-state index contributed by atoms with van der Waals surface area (Å²) in [6, 6.07) is 0. The quantitative estimate of drug-likeness (QED) is 0.730. The summed E-state index contributed by atoms with van der Waals surface area (Å²) in [5.41, 5.74) is 0. The number of hydrogen-bond acceptors (Lipinski definition) is 5. The third kappa shape index (κ3) is 3.31. The first-order chi connectivity index (χ1) is 8.51. The summed E-state index contributed by atoms with van der Waals surface area (Å²) in [4.78, 5) is 16.2. The Morgan fingerprint density at radius 3 is 2.50 bits per heavy atom. The van der Waals surface area contributed by atoms with Crippen molar-refractivity contribution >= 4 is 5.97 Å². The van der Waals surface area contributed by atoms with Gasteiger partial charge in [0.15, 0.2) is 5.82 Å². The van der Waals surface area contributed by atoms with Gasteiger partial charge in [-0.25, -0.2) is 0 Å². The summed E-state index contributed by atoms with van der Waals surface area (Å²) in [5, 5.41) is 3.94. The van der Waals surface area contributed by atoms with Crippen LogP contribution in [0.15, 0.2) is 4.52 Å². The van der Waals surface area contributed by atoms with Crippen molar-refractivity contribution in [1.82, 2.24) is 10.1 Å². The predicted molar refractivity (Wildman–Crippen MR) is 67.2 cm³/mol. The van der Waals surface area contributed by atoms with Crippen molar-refractivity contribution in [3.05, 3.63) is 11.7 Å². The van der Waals surface area contributed by atoms with E-state index < -0.39 is 5.92 Å². The van der Waals surface area contributed by atoms with Crippen molar-refractivity contribution in [2.24, 2.45) is 5.92 Å². The summed E-state index contributed by atoms with van der Waals surface area (Å²) in [5.74, 6) is 0.537. The normalized spacial score (nSPS) is 14.6. The van der Waals surface area contributed by atoms with Crippen LogP contribution in [0.5, 0.6) is 0 Å². The maximum atomic E-state index is 11.9. The first-order valence-electron chi connectivity index (χ1n) is 6.51. The van der Waals surface area contributed by atoms with Gasteiger partial charge in [0.05, 0.1) is 6.61 Å². The van der Waals surface area contributed by atoms with Crippen LogP contribution in [-0.2, 0) is 9.53 Å². The lowest BCUT2D eigenvalue weighted by molar-refractivity contribution is -0.146. The van der Waals surface area contributed by atoms with E-state index in [1.807, 2.05) is 20.8 Å². The van der Waals surface area contributed by atoms with Gasteiger partial charge < -0.3 is 9.26 Å². The standard InChI is InChI=1S/C13H22N2O3/c1-6-9(5)11-14-12(18-15-11)10(8(3)4)13(16)17-7-2/h8-10H,6-7H2,1-5H3. The van der Waals surface area contributed by atoms with Gasteiger partial charge in [-0.2, -0.15) is 4.98 Å². The van der Waals surface area contributed by atoms with Crippen molar-refractivity contribution in [3.8, 4) is 0 Å². The molecule has 0 saturated heterocycles. The molecule has 1 heterocycles. The molecule has 2 atom stereocenters. The zero-order valence-corrected chi connectivity index (χ0v) is 11.8. The summed E-state index contributed by atoms with van der Waals surface area (Å²) in [6.07, 6.45) is 0.935. The fraction of sp³-hybridized carbons (Fsp3) is 0.769. The fourth-order valence-corrected chi connectivity index (χ4v) is 1.65. The Morgan fingerprint density at radius 1 is 1.33 bits per heavy atom. The number of aromatic nitrogens is 2. The van der Waals surface area contributed by atoms with Crippen molar-refractivity contribution in [2.75, 3.05) is 6.61 Å². The van der Waals surface area contributed by atoms with E-state index in [0.717, 1.165) is 6.42 Å². The van der Waals surface area contributed by atoms with Crippen LogP contribution < -0.4 is 0 Å². The topological polar surface area (TPSA) is 65.2 Å². The maximum Gasteiger partial charge on any atom is 0.318 e. The second kappa shape index (κ2) is 6.52. The molecular formula is C13H22N2O3. The van der Waals surface area contributed by atoms with E-state index in [9.17, 15) is 4.79 Å². The average Bonchev–Trinajstić information content (AvgIpc) is 2.77. The molecule has 1 aromatic heterocycles. The number of carbonyl (C=O) groups is 1. The summed E-state index contributed by atoms with van der Waals surface area (Å²) < 4.78 is 10.3. The molecule has 0 spiro atoms. The smallest absolute Gasteiger partial charge is 0.318 e. The first kappa shape index (κ1) is 14.7.